The molecule has 0 saturated carbocycles. The van der Waals surface area contributed by atoms with Crippen LogP contribution in [0.4, 0.5) is 0 Å². The minimum atomic E-state index is -0.587. The van der Waals surface area contributed by atoms with E-state index in [-0.39, 0.29) is 18.5 Å². The van der Waals surface area contributed by atoms with Crippen molar-refractivity contribution >= 4 is 16.8 Å². The second-order valence-electron chi connectivity index (χ2n) is 6.18. The highest BCUT2D eigenvalue weighted by molar-refractivity contribution is 5.81. The maximum atomic E-state index is 12.6. The van der Waals surface area contributed by atoms with Crippen LogP contribution in [-0.2, 0) is 11.3 Å². The van der Waals surface area contributed by atoms with Crippen LogP contribution in [-0.4, -0.2) is 15.5 Å². The van der Waals surface area contributed by atoms with E-state index in [1.54, 1.807) is 24.3 Å². The van der Waals surface area contributed by atoms with Gasteiger partial charge >= 0.3 is 5.69 Å². The van der Waals surface area contributed by atoms with Gasteiger partial charge in [-0.1, -0.05) is 55.8 Å². The molecule has 0 spiro atoms. The molecule has 0 aliphatic heterocycles. The molecule has 3 aromatic rings. The Balaban J connectivity index is 1.87. The third-order valence-electron chi connectivity index (χ3n) is 4.32. The van der Waals surface area contributed by atoms with Crippen molar-refractivity contribution in [2.75, 3.05) is 0 Å². The summed E-state index contributed by atoms with van der Waals surface area (Å²) < 4.78 is 1.29. The van der Waals surface area contributed by atoms with Crippen molar-refractivity contribution in [2.24, 2.45) is 0 Å². The average Bonchev–Trinajstić information content (AvgIpc) is 2.65. The predicted molar refractivity (Wildman–Crippen MR) is 101 cm³/mol. The largest absolute Gasteiger partial charge is 0.348 e. The van der Waals surface area contributed by atoms with E-state index in [1.165, 1.54) is 4.57 Å². The van der Waals surface area contributed by atoms with Gasteiger partial charge in [0.25, 0.3) is 5.56 Å². The second-order valence-corrected chi connectivity index (χ2v) is 6.18. The number of nitrogens with one attached hydrogen (secondary N) is 2. The fourth-order valence-corrected chi connectivity index (χ4v) is 3.08. The summed E-state index contributed by atoms with van der Waals surface area (Å²) in [5.41, 5.74) is 0.440. The first-order valence-corrected chi connectivity index (χ1v) is 8.66. The zero-order chi connectivity index (χ0) is 18.5. The van der Waals surface area contributed by atoms with Crippen LogP contribution in [0.15, 0.2) is 64.2 Å². The molecule has 6 heteroatoms. The topological polar surface area (TPSA) is 84.0 Å². The van der Waals surface area contributed by atoms with Gasteiger partial charge in [0.05, 0.1) is 16.9 Å². The third-order valence-corrected chi connectivity index (χ3v) is 4.32. The average molecular weight is 351 g/mol. The van der Waals surface area contributed by atoms with Crippen LogP contribution in [0, 0.1) is 0 Å². The highest BCUT2D eigenvalue weighted by Gasteiger charge is 2.16. The smallest absolute Gasteiger partial charge is 0.329 e. The fourth-order valence-electron chi connectivity index (χ4n) is 3.08. The molecular weight excluding hydrogens is 330 g/mol. The van der Waals surface area contributed by atoms with Gasteiger partial charge in [-0.25, -0.2) is 4.79 Å². The molecule has 3 rings (SSSR count). The Morgan fingerprint density at radius 2 is 1.77 bits per heavy atom. The molecule has 1 aromatic heterocycles. The lowest BCUT2D eigenvalue weighted by Crippen LogP contribution is -2.37. The number of aromatic amines is 1. The number of aromatic nitrogens is 2. The molecule has 0 fully saturated rings. The molecule has 2 aromatic carbocycles. The van der Waals surface area contributed by atoms with Crippen molar-refractivity contribution in [3.63, 3.8) is 0 Å². The number of rotatable bonds is 6. The van der Waals surface area contributed by atoms with Gasteiger partial charge < -0.3 is 5.32 Å². The van der Waals surface area contributed by atoms with Crippen LogP contribution in [0.25, 0.3) is 10.9 Å². The molecule has 134 valence electrons. The standard InChI is InChI=1S/C20H21N3O3/c1-2-8-16(14-9-4-3-5-10-14)21-18(24)13-23-17-12-7-6-11-15(17)19(25)22-20(23)26/h3-7,9-12,16H,2,8,13H2,1H3,(H,21,24)(H,22,25,26). The zero-order valence-corrected chi connectivity index (χ0v) is 14.6. The van der Waals surface area contributed by atoms with Crippen LogP contribution in [0.1, 0.15) is 31.4 Å². The maximum absolute atomic E-state index is 12.6. The Kier molecular flexibility index (Phi) is 5.31. The van der Waals surface area contributed by atoms with E-state index < -0.39 is 11.2 Å². The number of H-pyrrole nitrogens is 1. The van der Waals surface area contributed by atoms with Gasteiger partial charge in [-0.3, -0.25) is 19.1 Å². The number of amides is 1. The van der Waals surface area contributed by atoms with E-state index in [0.717, 1.165) is 18.4 Å². The normalized spacial score (nSPS) is 12.0. The van der Waals surface area contributed by atoms with E-state index in [9.17, 15) is 14.4 Å². The van der Waals surface area contributed by atoms with Crippen LogP contribution in [0.3, 0.4) is 0 Å². The Hall–Kier alpha value is -3.15. The summed E-state index contributed by atoms with van der Waals surface area (Å²) >= 11 is 0. The van der Waals surface area contributed by atoms with Crippen LogP contribution in [0.2, 0.25) is 0 Å². The SMILES string of the molecule is CCCC(NC(=O)Cn1c(=O)[nH]c(=O)c2ccccc21)c1ccccc1. The third kappa shape index (κ3) is 3.74. The highest BCUT2D eigenvalue weighted by atomic mass is 16.2. The molecule has 0 aliphatic rings. The van der Waals surface area contributed by atoms with E-state index in [2.05, 4.69) is 17.2 Å². The Morgan fingerprint density at radius 3 is 2.50 bits per heavy atom. The summed E-state index contributed by atoms with van der Waals surface area (Å²) in [6.07, 6.45) is 1.72. The molecule has 0 saturated heterocycles. The van der Waals surface area contributed by atoms with E-state index in [0.29, 0.717) is 10.9 Å². The first kappa shape index (κ1) is 17.7. The van der Waals surface area contributed by atoms with Crippen molar-refractivity contribution in [3.05, 3.63) is 81.0 Å². The lowest BCUT2D eigenvalue weighted by atomic mass is 10.0. The number of hydrogen-bond donors (Lipinski definition) is 2. The minimum Gasteiger partial charge on any atom is -0.348 e. The first-order valence-electron chi connectivity index (χ1n) is 8.66. The summed E-state index contributed by atoms with van der Waals surface area (Å²) in [6.45, 7) is 1.91. The van der Waals surface area contributed by atoms with Crippen molar-refractivity contribution in [2.45, 2.75) is 32.4 Å². The molecule has 0 aliphatic carbocycles. The summed E-state index contributed by atoms with van der Waals surface area (Å²) in [5, 5.41) is 3.38. The van der Waals surface area contributed by atoms with Crippen LogP contribution >= 0.6 is 0 Å². The monoisotopic (exact) mass is 351 g/mol. The van der Waals surface area contributed by atoms with E-state index >= 15 is 0 Å². The zero-order valence-electron chi connectivity index (χ0n) is 14.6. The van der Waals surface area contributed by atoms with Crippen molar-refractivity contribution in [1.82, 2.24) is 14.9 Å². The molecule has 0 radical (unpaired) electrons. The summed E-state index contributed by atoms with van der Waals surface area (Å²) in [6, 6.07) is 16.4. The lowest BCUT2D eigenvalue weighted by molar-refractivity contribution is -0.122. The van der Waals surface area contributed by atoms with Gasteiger partial charge in [0.1, 0.15) is 6.54 Å². The number of fused-ring (bicyclic) bond motifs is 1. The molecule has 1 amide bonds. The number of carbonyl (C=O) groups excluding carboxylic acids is 1. The molecular formula is C20H21N3O3. The quantitative estimate of drug-likeness (QED) is 0.715. The molecule has 0 bridgehead atoms. The predicted octanol–water partition coefficient (Wildman–Crippen LogP) is 2.35. The number of hydrogen-bond acceptors (Lipinski definition) is 3. The van der Waals surface area contributed by atoms with E-state index in [4.69, 9.17) is 0 Å². The summed E-state index contributed by atoms with van der Waals surface area (Å²) in [4.78, 5) is 39.0. The first-order chi connectivity index (χ1) is 12.6. The van der Waals surface area contributed by atoms with Gasteiger partial charge in [-0.2, -0.15) is 0 Å². The fraction of sp³-hybridized carbons (Fsp3) is 0.250. The second kappa shape index (κ2) is 7.82. The highest BCUT2D eigenvalue weighted by Crippen LogP contribution is 2.18. The van der Waals surface area contributed by atoms with Gasteiger partial charge in [-0.15, -0.1) is 0 Å². The molecule has 1 atom stereocenters. The molecule has 2 N–H and O–H groups in total. The summed E-state index contributed by atoms with van der Waals surface area (Å²) in [5.74, 6) is -0.272. The van der Waals surface area contributed by atoms with Gasteiger partial charge in [0.2, 0.25) is 5.91 Å². The van der Waals surface area contributed by atoms with E-state index in [1.807, 2.05) is 30.3 Å². The van der Waals surface area contributed by atoms with Gasteiger partial charge in [0.15, 0.2) is 0 Å². The number of para-hydroxylation sites is 1. The maximum Gasteiger partial charge on any atom is 0.329 e. The molecule has 6 nitrogen and oxygen atoms in total. The van der Waals surface area contributed by atoms with Gasteiger partial charge in [-0.05, 0) is 24.1 Å². The number of nitrogens with zero attached hydrogens (tertiary/aromatic N) is 1. The number of carbonyl (C=O) groups is 1. The number of benzene rings is 2. The Labute approximate surface area is 150 Å². The molecule has 1 unspecified atom stereocenters. The Bertz CT molecular complexity index is 1020. The molecule has 1 heterocycles. The summed E-state index contributed by atoms with van der Waals surface area (Å²) in [7, 11) is 0. The van der Waals surface area contributed by atoms with Crippen LogP contribution < -0.4 is 16.6 Å². The van der Waals surface area contributed by atoms with Crippen molar-refractivity contribution in [1.29, 1.82) is 0 Å². The van der Waals surface area contributed by atoms with Crippen molar-refractivity contribution in [3.8, 4) is 0 Å². The van der Waals surface area contributed by atoms with Gasteiger partial charge in [0, 0.05) is 0 Å². The van der Waals surface area contributed by atoms with Crippen LogP contribution in [0.5, 0.6) is 0 Å². The Morgan fingerprint density at radius 1 is 1.08 bits per heavy atom. The lowest BCUT2D eigenvalue weighted by Gasteiger charge is -2.19. The minimum absolute atomic E-state index is 0.113. The van der Waals surface area contributed by atoms with Crippen molar-refractivity contribution < 1.29 is 4.79 Å². The molecule has 26 heavy (non-hydrogen) atoms.